The second-order valence-electron chi connectivity index (χ2n) is 4.92. The fraction of sp³-hybridized carbons (Fsp3) is 0.385. The van der Waals surface area contributed by atoms with E-state index in [1.165, 1.54) is 10.9 Å². The fourth-order valence-corrected chi connectivity index (χ4v) is 3.12. The van der Waals surface area contributed by atoms with E-state index in [-0.39, 0.29) is 16.5 Å². The van der Waals surface area contributed by atoms with Gasteiger partial charge in [-0.25, -0.2) is 13.4 Å². The highest BCUT2D eigenvalue weighted by Gasteiger charge is 2.21. The number of sulfonamides is 1. The second-order valence-corrected chi connectivity index (χ2v) is 6.57. The number of nitrogens with two attached hydrogens (primary N) is 1. The van der Waals surface area contributed by atoms with Gasteiger partial charge in [0.1, 0.15) is 10.7 Å². The molecule has 8 heteroatoms. The zero-order valence-corrected chi connectivity index (χ0v) is 13.1. The number of nitrogens with one attached hydrogen (secondary N) is 1. The van der Waals surface area contributed by atoms with Crippen molar-refractivity contribution in [2.45, 2.75) is 38.6 Å². The van der Waals surface area contributed by atoms with Crippen molar-refractivity contribution in [2.75, 3.05) is 10.5 Å². The molecular formula is C13H19N5O2S. The lowest BCUT2D eigenvalue weighted by Gasteiger charge is -2.07. The van der Waals surface area contributed by atoms with E-state index in [1.807, 2.05) is 19.9 Å². The molecular weight excluding hydrogens is 290 g/mol. The van der Waals surface area contributed by atoms with Crippen molar-refractivity contribution < 1.29 is 8.42 Å². The van der Waals surface area contributed by atoms with Gasteiger partial charge < -0.3 is 5.73 Å². The third-order valence-corrected chi connectivity index (χ3v) is 4.21. The Labute approximate surface area is 124 Å². The van der Waals surface area contributed by atoms with Crippen LogP contribution in [-0.4, -0.2) is 23.2 Å². The molecule has 0 unspecified atom stereocenters. The maximum atomic E-state index is 12.4. The monoisotopic (exact) mass is 309 g/mol. The summed E-state index contributed by atoms with van der Waals surface area (Å²) in [5.74, 6) is 0.260. The van der Waals surface area contributed by atoms with E-state index in [1.54, 1.807) is 13.0 Å². The Kier molecular flexibility index (Phi) is 4.17. The van der Waals surface area contributed by atoms with Gasteiger partial charge in [-0.15, -0.1) is 0 Å². The molecule has 2 heterocycles. The maximum Gasteiger partial charge on any atom is 0.268 e. The maximum absolute atomic E-state index is 12.4. The number of nitrogens with zero attached hydrogens (tertiary/aromatic N) is 3. The molecule has 0 fully saturated rings. The molecule has 0 aliphatic carbocycles. The molecule has 2 aromatic rings. The Balaban J connectivity index is 2.33. The SMILES string of the molecule is CCCn1cc(S(=O)(=O)Nc2cc(C)cc(C)n2)c(N)n1. The molecule has 0 radical (unpaired) electrons. The standard InChI is InChI=1S/C13H19N5O2S/c1-4-5-18-8-11(13(14)16-18)21(19,20)17-12-7-9(2)6-10(3)15-12/h6-8H,4-5H2,1-3H3,(H2,14,16)(H,15,17). The first-order valence-corrected chi connectivity index (χ1v) is 8.11. The van der Waals surface area contributed by atoms with Gasteiger partial charge in [-0.05, 0) is 38.0 Å². The molecule has 0 amide bonds. The smallest absolute Gasteiger partial charge is 0.268 e. The lowest BCUT2D eigenvalue weighted by Crippen LogP contribution is -2.15. The molecule has 0 aromatic carbocycles. The summed E-state index contributed by atoms with van der Waals surface area (Å²) in [5.41, 5.74) is 7.36. The van der Waals surface area contributed by atoms with Crippen molar-refractivity contribution in [2.24, 2.45) is 0 Å². The Morgan fingerprint density at radius 1 is 1.33 bits per heavy atom. The van der Waals surface area contributed by atoms with E-state index in [0.717, 1.165) is 17.7 Å². The van der Waals surface area contributed by atoms with Crippen LogP contribution in [-0.2, 0) is 16.6 Å². The Morgan fingerprint density at radius 2 is 2.05 bits per heavy atom. The topological polar surface area (TPSA) is 103 Å². The Bertz CT molecular complexity index is 732. The first-order valence-electron chi connectivity index (χ1n) is 6.63. The van der Waals surface area contributed by atoms with Crippen LogP contribution in [0.2, 0.25) is 0 Å². The second kappa shape index (κ2) is 5.72. The predicted octanol–water partition coefficient (Wildman–Crippen LogP) is 1.69. The van der Waals surface area contributed by atoms with Crippen molar-refractivity contribution >= 4 is 21.7 Å². The van der Waals surface area contributed by atoms with Crippen molar-refractivity contribution in [3.8, 4) is 0 Å². The Morgan fingerprint density at radius 3 is 2.67 bits per heavy atom. The van der Waals surface area contributed by atoms with Gasteiger partial charge in [0.25, 0.3) is 10.0 Å². The summed E-state index contributed by atoms with van der Waals surface area (Å²) in [6, 6.07) is 3.53. The van der Waals surface area contributed by atoms with Crippen LogP contribution >= 0.6 is 0 Å². The third-order valence-electron chi connectivity index (χ3n) is 2.83. The van der Waals surface area contributed by atoms with E-state index in [9.17, 15) is 8.42 Å². The average molecular weight is 309 g/mol. The van der Waals surface area contributed by atoms with Gasteiger partial charge in [-0.2, -0.15) is 5.10 Å². The number of nitrogen functional groups attached to an aromatic ring is 1. The molecule has 0 aliphatic heterocycles. The zero-order valence-electron chi connectivity index (χ0n) is 12.3. The highest BCUT2D eigenvalue weighted by Crippen LogP contribution is 2.20. The van der Waals surface area contributed by atoms with Crippen LogP contribution in [0, 0.1) is 13.8 Å². The molecule has 0 spiro atoms. The molecule has 21 heavy (non-hydrogen) atoms. The van der Waals surface area contributed by atoms with Gasteiger partial charge in [-0.3, -0.25) is 9.40 Å². The van der Waals surface area contributed by atoms with E-state index in [0.29, 0.717) is 6.54 Å². The van der Waals surface area contributed by atoms with E-state index >= 15 is 0 Å². The third kappa shape index (κ3) is 3.52. The van der Waals surface area contributed by atoms with Crippen molar-refractivity contribution in [3.05, 3.63) is 29.6 Å². The molecule has 3 N–H and O–H groups in total. The summed E-state index contributed by atoms with van der Waals surface area (Å²) in [6.45, 7) is 6.27. The predicted molar refractivity (Wildman–Crippen MR) is 81.4 cm³/mol. The molecule has 7 nitrogen and oxygen atoms in total. The molecule has 114 valence electrons. The number of pyridine rings is 1. The minimum atomic E-state index is -3.80. The van der Waals surface area contributed by atoms with Crippen LogP contribution in [0.15, 0.2) is 23.2 Å². The number of rotatable bonds is 5. The van der Waals surface area contributed by atoms with Gasteiger partial charge >= 0.3 is 0 Å². The lowest BCUT2D eigenvalue weighted by atomic mass is 10.2. The highest BCUT2D eigenvalue weighted by molar-refractivity contribution is 7.92. The minimum absolute atomic E-state index is 0.0136. The Hall–Kier alpha value is -2.09. The van der Waals surface area contributed by atoms with E-state index in [4.69, 9.17) is 5.73 Å². The van der Waals surface area contributed by atoms with E-state index < -0.39 is 10.0 Å². The molecule has 0 saturated carbocycles. The number of aromatic nitrogens is 3. The van der Waals surface area contributed by atoms with Crippen molar-refractivity contribution in [3.63, 3.8) is 0 Å². The normalized spacial score (nSPS) is 11.6. The first kappa shape index (κ1) is 15.3. The van der Waals surface area contributed by atoms with Crippen LogP contribution < -0.4 is 10.5 Å². The average Bonchev–Trinajstić information content (AvgIpc) is 2.69. The molecule has 2 aromatic heterocycles. The van der Waals surface area contributed by atoms with Crippen LogP contribution in [0.1, 0.15) is 24.6 Å². The van der Waals surface area contributed by atoms with Gasteiger partial charge in [-0.1, -0.05) is 6.92 Å². The summed E-state index contributed by atoms with van der Waals surface area (Å²) in [6.07, 6.45) is 2.27. The summed E-state index contributed by atoms with van der Waals surface area (Å²) >= 11 is 0. The van der Waals surface area contributed by atoms with Crippen LogP contribution in [0.4, 0.5) is 11.6 Å². The molecule has 0 saturated heterocycles. The molecule has 0 atom stereocenters. The van der Waals surface area contributed by atoms with Crippen molar-refractivity contribution in [1.29, 1.82) is 0 Å². The number of hydrogen-bond donors (Lipinski definition) is 2. The molecule has 2 rings (SSSR count). The summed E-state index contributed by atoms with van der Waals surface area (Å²) in [7, 11) is -3.80. The van der Waals surface area contributed by atoms with Crippen LogP contribution in [0.25, 0.3) is 0 Å². The number of aryl methyl sites for hydroxylation is 3. The fourth-order valence-electron chi connectivity index (χ4n) is 2.05. The van der Waals surface area contributed by atoms with Gasteiger partial charge in [0.2, 0.25) is 0 Å². The van der Waals surface area contributed by atoms with Crippen LogP contribution in [0.3, 0.4) is 0 Å². The number of hydrogen-bond acceptors (Lipinski definition) is 5. The zero-order chi connectivity index (χ0) is 15.6. The van der Waals surface area contributed by atoms with Gasteiger partial charge in [0.15, 0.2) is 5.82 Å². The largest absolute Gasteiger partial charge is 0.381 e. The van der Waals surface area contributed by atoms with Gasteiger partial charge in [0.05, 0.1) is 0 Å². The van der Waals surface area contributed by atoms with E-state index in [2.05, 4.69) is 14.8 Å². The van der Waals surface area contributed by atoms with Crippen molar-refractivity contribution in [1.82, 2.24) is 14.8 Å². The first-order chi connectivity index (χ1) is 9.81. The van der Waals surface area contributed by atoms with Gasteiger partial charge in [0, 0.05) is 18.4 Å². The summed E-state index contributed by atoms with van der Waals surface area (Å²) < 4.78 is 28.7. The summed E-state index contributed by atoms with van der Waals surface area (Å²) in [4.78, 5) is 4.13. The summed E-state index contributed by atoms with van der Waals surface area (Å²) in [5, 5.41) is 4.00. The quantitative estimate of drug-likeness (QED) is 0.874. The minimum Gasteiger partial charge on any atom is -0.381 e. The molecule has 0 aliphatic rings. The highest BCUT2D eigenvalue weighted by atomic mass is 32.2. The number of anilines is 2. The van der Waals surface area contributed by atoms with Crippen LogP contribution in [0.5, 0.6) is 0 Å². The molecule has 0 bridgehead atoms. The lowest BCUT2D eigenvalue weighted by molar-refractivity contribution is 0.595.